The van der Waals surface area contributed by atoms with Crippen LogP contribution in [0.2, 0.25) is 0 Å². The number of nitrogens with zero attached hydrogens (tertiary/aromatic N) is 1. The number of hydrogen-bond acceptors (Lipinski definition) is 3. The van der Waals surface area contributed by atoms with Crippen LogP contribution in [0.1, 0.15) is 19.5 Å². The lowest BCUT2D eigenvalue weighted by molar-refractivity contribution is -0.125. The highest BCUT2D eigenvalue weighted by Gasteiger charge is 2.16. The van der Waals surface area contributed by atoms with Gasteiger partial charge in [0.25, 0.3) is 0 Å². The number of carbonyl (C=O) groups excluding carboxylic acids is 1. The molecule has 2 atom stereocenters. The summed E-state index contributed by atoms with van der Waals surface area (Å²) < 4.78 is 0. The fourth-order valence-electron chi connectivity index (χ4n) is 0.965. The third kappa shape index (κ3) is 2.85. The summed E-state index contributed by atoms with van der Waals surface area (Å²) in [5.41, 5.74) is 6.49. The molecule has 1 aromatic heterocycles. The Morgan fingerprint density at radius 2 is 2.43 bits per heavy atom. The minimum absolute atomic E-state index is 0.0328. The van der Waals surface area contributed by atoms with Crippen LogP contribution in [-0.2, 0) is 11.3 Å². The summed E-state index contributed by atoms with van der Waals surface area (Å²) in [6.07, 6.45) is 1.65. The third-order valence-corrected chi connectivity index (χ3v) is 2.21. The highest BCUT2D eigenvalue weighted by atomic mass is 16.1. The van der Waals surface area contributed by atoms with Crippen molar-refractivity contribution in [2.45, 2.75) is 26.4 Å². The van der Waals surface area contributed by atoms with Crippen LogP contribution in [-0.4, -0.2) is 22.1 Å². The molecule has 1 aromatic rings. The van der Waals surface area contributed by atoms with E-state index in [1.165, 1.54) is 0 Å². The molecule has 5 nitrogen and oxygen atoms in total. The molecule has 0 aliphatic carbocycles. The van der Waals surface area contributed by atoms with Crippen molar-refractivity contribution in [3.8, 4) is 0 Å². The number of amides is 1. The van der Waals surface area contributed by atoms with Gasteiger partial charge in [-0.1, -0.05) is 6.92 Å². The van der Waals surface area contributed by atoms with Crippen LogP contribution >= 0.6 is 0 Å². The molecular weight excluding hydrogens is 180 g/mol. The zero-order valence-electron chi connectivity index (χ0n) is 8.45. The molecular formula is C9H16N4O. The van der Waals surface area contributed by atoms with Crippen molar-refractivity contribution in [2.75, 3.05) is 0 Å². The molecule has 0 aliphatic rings. The molecule has 1 heterocycles. The first-order valence-corrected chi connectivity index (χ1v) is 4.63. The first-order valence-electron chi connectivity index (χ1n) is 4.63. The maximum Gasteiger partial charge on any atom is 0.224 e. The van der Waals surface area contributed by atoms with Gasteiger partial charge in [0.15, 0.2) is 0 Å². The lowest BCUT2D eigenvalue weighted by Crippen LogP contribution is -2.38. The lowest BCUT2D eigenvalue weighted by Gasteiger charge is -2.14. The predicted molar refractivity (Wildman–Crippen MR) is 53.2 cm³/mol. The van der Waals surface area contributed by atoms with E-state index in [9.17, 15) is 4.79 Å². The van der Waals surface area contributed by atoms with Crippen LogP contribution in [0.3, 0.4) is 0 Å². The predicted octanol–water partition coefficient (Wildman–Crippen LogP) is 0.00920. The van der Waals surface area contributed by atoms with Gasteiger partial charge in [0.2, 0.25) is 5.91 Å². The molecule has 0 bridgehead atoms. The highest BCUT2D eigenvalue weighted by Crippen LogP contribution is 2.00. The number of rotatable bonds is 4. The summed E-state index contributed by atoms with van der Waals surface area (Å²) in [5, 5.41) is 9.32. The van der Waals surface area contributed by atoms with Crippen molar-refractivity contribution in [3.63, 3.8) is 0 Å². The quantitative estimate of drug-likeness (QED) is 0.634. The van der Waals surface area contributed by atoms with Crippen LogP contribution in [0.25, 0.3) is 0 Å². The third-order valence-electron chi connectivity index (χ3n) is 2.21. The molecule has 14 heavy (non-hydrogen) atoms. The normalized spacial score (nSPS) is 14.8. The Kier molecular flexibility index (Phi) is 3.64. The van der Waals surface area contributed by atoms with Gasteiger partial charge in [-0.3, -0.25) is 9.89 Å². The van der Waals surface area contributed by atoms with Gasteiger partial charge in [-0.15, -0.1) is 0 Å². The first-order chi connectivity index (χ1) is 6.61. The van der Waals surface area contributed by atoms with Gasteiger partial charge >= 0.3 is 0 Å². The molecule has 0 spiro atoms. The zero-order chi connectivity index (χ0) is 10.6. The number of aromatic amines is 1. The monoisotopic (exact) mass is 196 g/mol. The van der Waals surface area contributed by atoms with E-state index in [1.807, 2.05) is 19.9 Å². The van der Waals surface area contributed by atoms with Gasteiger partial charge in [-0.25, -0.2) is 0 Å². The van der Waals surface area contributed by atoms with Gasteiger partial charge < -0.3 is 11.1 Å². The summed E-state index contributed by atoms with van der Waals surface area (Å²) in [6, 6.07) is 1.69. The van der Waals surface area contributed by atoms with Crippen molar-refractivity contribution in [1.82, 2.24) is 15.5 Å². The average Bonchev–Trinajstić information content (AvgIpc) is 2.65. The van der Waals surface area contributed by atoms with Crippen molar-refractivity contribution >= 4 is 5.91 Å². The molecule has 1 amide bonds. The SMILES string of the molecule is CC(N)C(C)C(=O)NCc1ccn[nH]1. The van der Waals surface area contributed by atoms with Gasteiger partial charge in [-0.05, 0) is 13.0 Å². The zero-order valence-corrected chi connectivity index (χ0v) is 8.45. The van der Waals surface area contributed by atoms with E-state index in [-0.39, 0.29) is 17.9 Å². The number of H-pyrrole nitrogens is 1. The maximum absolute atomic E-state index is 11.5. The summed E-state index contributed by atoms with van der Waals surface area (Å²) in [4.78, 5) is 11.5. The second-order valence-electron chi connectivity index (χ2n) is 3.45. The Bertz CT molecular complexity index is 281. The molecule has 1 rings (SSSR count). The molecule has 0 saturated carbocycles. The van der Waals surface area contributed by atoms with E-state index >= 15 is 0 Å². The molecule has 0 aliphatic heterocycles. The van der Waals surface area contributed by atoms with Crippen LogP contribution in [0.4, 0.5) is 0 Å². The number of carbonyl (C=O) groups is 1. The fourth-order valence-corrected chi connectivity index (χ4v) is 0.965. The second kappa shape index (κ2) is 4.76. The molecule has 0 radical (unpaired) electrons. The molecule has 5 heteroatoms. The van der Waals surface area contributed by atoms with E-state index < -0.39 is 0 Å². The van der Waals surface area contributed by atoms with E-state index in [2.05, 4.69) is 15.5 Å². The van der Waals surface area contributed by atoms with Crippen molar-refractivity contribution < 1.29 is 4.79 Å². The molecule has 0 fully saturated rings. The summed E-state index contributed by atoms with van der Waals surface area (Å²) in [7, 11) is 0. The molecule has 0 saturated heterocycles. The number of hydrogen-bond donors (Lipinski definition) is 3. The highest BCUT2D eigenvalue weighted by molar-refractivity contribution is 5.78. The molecule has 4 N–H and O–H groups in total. The number of aromatic nitrogens is 2. The maximum atomic E-state index is 11.5. The van der Waals surface area contributed by atoms with E-state index in [4.69, 9.17) is 5.73 Å². The van der Waals surface area contributed by atoms with Crippen LogP contribution in [0.15, 0.2) is 12.3 Å². The van der Waals surface area contributed by atoms with Gasteiger partial charge in [0.05, 0.1) is 12.2 Å². The van der Waals surface area contributed by atoms with Crippen LogP contribution in [0.5, 0.6) is 0 Å². The molecule has 0 aromatic carbocycles. The summed E-state index contributed by atoms with van der Waals surface area (Å²) in [5.74, 6) is -0.201. The van der Waals surface area contributed by atoms with E-state index in [1.54, 1.807) is 6.20 Å². The van der Waals surface area contributed by atoms with E-state index in [0.717, 1.165) is 5.69 Å². The topological polar surface area (TPSA) is 83.8 Å². The molecule has 2 unspecified atom stereocenters. The van der Waals surface area contributed by atoms with Crippen molar-refractivity contribution in [1.29, 1.82) is 0 Å². The van der Waals surface area contributed by atoms with Gasteiger partial charge in [0.1, 0.15) is 0 Å². The Morgan fingerprint density at radius 3 is 2.93 bits per heavy atom. The summed E-state index contributed by atoms with van der Waals surface area (Å²) >= 11 is 0. The van der Waals surface area contributed by atoms with Gasteiger partial charge in [-0.2, -0.15) is 5.10 Å². The van der Waals surface area contributed by atoms with Crippen LogP contribution < -0.4 is 11.1 Å². The van der Waals surface area contributed by atoms with Crippen molar-refractivity contribution in [3.05, 3.63) is 18.0 Å². The lowest BCUT2D eigenvalue weighted by atomic mass is 10.0. The van der Waals surface area contributed by atoms with E-state index in [0.29, 0.717) is 6.54 Å². The Labute approximate surface area is 83.1 Å². The second-order valence-corrected chi connectivity index (χ2v) is 3.45. The largest absolute Gasteiger partial charge is 0.350 e. The molecule has 78 valence electrons. The Balaban J connectivity index is 2.35. The Hall–Kier alpha value is -1.36. The number of nitrogens with two attached hydrogens (primary N) is 1. The minimum atomic E-state index is -0.169. The number of nitrogens with one attached hydrogen (secondary N) is 2. The average molecular weight is 196 g/mol. The van der Waals surface area contributed by atoms with Crippen LogP contribution in [0, 0.1) is 5.92 Å². The standard InChI is InChI=1S/C9H16N4O/c1-6(7(2)10)9(14)11-5-8-3-4-12-13-8/h3-4,6-7H,5,10H2,1-2H3,(H,11,14)(H,12,13). The summed E-state index contributed by atoms with van der Waals surface area (Å²) in [6.45, 7) is 4.10. The van der Waals surface area contributed by atoms with Gasteiger partial charge in [0, 0.05) is 18.2 Å². The first kappa shape index (κ1) is 10.7. The minimum Gasteiger partial charge on any atom is -0.350 e. The fraction of sp³-hybridized carbons (Fsp3) is 0.556. The Morgan fingerprint density at radius 1 is 1.71 bits per heavy atom. The smallest absolute Gasteiger partial charge is 0.224 e. The van der Waals surface area contributed by atoms with Crippen molar-refractivity contribution in [2.24, 2.45) is 11.7 Å².